The van der Waals surface area contributed by atoms with Crippen LogP contribution in [-0.4, -0.2) is 27.1 Å². The van der Waals surface area contributed by atoms with Crippen molar-refractivity contribution in [1.82, 2.24) is 4.90 Å². The van der Waals surface area contributed by atoms with Crippen molar-refractivity contribution in [3.8, 4) is 0 Å². The first-order valence-corrected chi connectivity index (χ1v) is 7.65. The van der Waals surface area contributed by atoms with Crippen LogP contribution >= 0.6 is 39.9 Å². The molecule has 0 saturated carbocycles. The number of carbonyl (C=O) groups excluding carboxylic acids is 2. The predicted molar refractivity (Wildman–Crippen MR) is 83.6 cm³/mol. The summed E-state index contributed by atoms with van der Waals surface area (Å²) < 4.78 is 1.12. The number of amides is 1. The molecule has 0 unspecified atom stereocenters. The van der Waals surface area contributed by atoms with Crippen LogP contribution in [0.2, 0.25) is 0 Å². The Balaban J connectivity index is 2.30. The number of halogens is 1. The van der Waals surface area contributed by atoms with Crippen molar-refractivity contribution in [3.63, 3.8) is 0 Å². The molecule has 20 heavy (non-hydrogen) atoms. The fourth-order valence-electron chi connectivity index (χ4n) is 1.67. The van der Waals surface area contributed by atoms with Gasteiger partial charge in [-0.1, -0.05) is 52.0 Å². The van der Waals surface area contributed by atoms with E-state index >= 15 is 0 Å². The monoisotopic (exact) mass is 370 g/mol. The molecule has 7 heteroatoms. The topological polar surface area (TPSA) is 60.4 Å². The van der Waals surface area contributed by atoms with Crippen molar-refractivity contribution in [2.24, 2.45) is 0 Å². The Labute approximate surface area is 134 Å². The Morgan fingerprint density at radius 3 is 2.85 bits per heavy atom. The molecular formula is C13H9BrNO3S2-. The summed E-state index contributed by atoms with van der Waals surface area (Å²) in [6.45, 7) is 1.38. The Morgan fingerprint density at radius 2 is 2.25 bits per heavy atom. The van der Waals surface area contributed by atoms with E-state index in [1.807, 2.05) is 24.3 Å². The maximum absolute atomic E-state index is 12.2. The second-order valence-electron chi connectivity index (χ2n) is 4.10. The van der Waals surface area contributed by atoms with E-state index in [2.05, 4.69) is 15.9 Å². The average molecular weight is 371 g/mol. The van der Waals surface area contributed by atoms with Gasteiger partial charge in [-0.2, -0.15) is 0 Å². The molecule has 1 aliphatic heterocycles. The molecule has 4 nitrogen and oxygen atoms in total. The number of rotatable bonds is 3. The van der Waals surface area contributed by atoms with Crippen LogP contribution in [-0.2, 0) is 9.59 Å². The lowest BCUT2D eigenvalue weighted by atomic mass is 10.2. The number of carbonyl (C=O) groups is 2. The number of nitrogens with zero attached hydrogens (tertiary/aromatic N) is 1. The van der Waals surface area contributed by atoms with Gasteiger partial charge in [0.1, 0.15) is 4.32 Å². The molecule has 0 spiro atoms. The van der Waals surface area contributed by atoms with Gasteiger partial charge < -0.3 is 9.90 Å². The predicted octanol–water partition coefficient (Wildman–Crippen LogP) is 1.79. The molecule has 0 N–H and O–H groups in total. The number of thiocarbonyl (C=S) groups is 1. The number of benzene rings is 1. The summed E-state index contributed by atoms with van der Waals surface area (Å²) in [7, 11) is 0. The lowest BCUT2D eigenvalue weighted by Gasteiger charge is -2.23. The van der Waals surface area contributed by atoms with E-state index in [-0.39, 0.29) is 4.32 Å². The number of hydrogen-bond donors (Lipinski definition) is 0. The molecule has 1 aliphatic rings. The van der Waals surface area contributed by atoms with Crippen LogP contribution in [0.15, 0.2) is 33.6 Å². The molecule has 1 aromatic rings. The zero-order chi connectivity index (χ0) is 14.9. The SMILES string of the molecule is C[C@@H](C(=O)[O-])N1C(=O)C(=Cc2cccc(Br)c2)SC1=S. The molecule has 0 radical (unpaired) electrons. The number of carboxylic acid groups (broad SMARTS) is 1. The fourth-order valence-corrected chi connectivity index (χ4v) is 3.50. The number of aliphatic carboxylic acids is 1. The zero-order valence-electron chi connectivity index (χ0n) is 10.3. The maximum atomic E-state index is 12.2. The molecule has 104 valence electrons. The molecule has 0 aliphatic carbocycles. The van der Waals surface area contributed by atoms with Gasteiger partial charge in [0, 0.05) is 4.47 Å². The van der Waals surface area contributed by atoms with Crippen LogP contribution in [0.4, 0.5) is 0 Å². The second-order valence-corrected chi connectivity index (χ2v) is 6.69. The van der Waals surface area contributed by atoms with Gasteiger partial charge in [-0.25, -0.2) is 0 Å². The highest BCUT2D eigenvalue weighted by molar-refractivity contribution is 9.10. The molecule has 1 aromatic carbocycles. The van der Waals surface area contributed by atoms with Gasteiger partial charge in [0.25, 0.3) is 5.91 Å². The summed E-state index contributed by atoms with van der Waals surface area (Å²) in [5.41, 5.74) is 0.834. The van der Waals surface area contributed by atoms with Crippen LogP contribution < -0.4 is 5.11 Å². The molecule has 1 saturated heterocycles. The van der Waals surface area contributed by atoms with Crippen molar-refractivity contribution < 1.29 is 14.7 Å². The number of hydrogen-bond acceptors (Lipinski definition) is 5. The number of carboxylic acids is 1. The quantitative estimate of drug-likeness (QED) is 0.599. The van der Waals surface area contributed by atoms with Gasteiger partial charge in [0.15, 0.2) is 0 Å². The van der Waals surface area contributed by atoms with Gasteiger partial charge in [-0.3, -0.25) is 9.69 Å². The Kier molecular flexibility index (Phi) is 4.62. The third kappa shape index (κ3) is 3.11. The molecule has 1 atom stereocenters. The Hall–Kier alpha value is -1.18. The third-order valence-corrected chi connectivity index (χ3v) is 4.52. The van der Waals surface area contributed by atoms with Crippen LogP contribution in [0, 0.1) is 0 Å². The van der Waals surface area contributed by atoms with Gasteiger partial charge in [-0.15, -0.1) is 0 Å². The van der Waals surface area contributed by atoms with Crippen molar-refractivity contribution in [1.29, 1.82) is 0 Å². The molecule has 0 bridgehead atoms. The van der Waals surface area contributed by atoms with Crippen molar-refractivity contribution in [2.45, 2.75) is 13.0 Å². The fraction of sp³-hybridized carbons (Fsp3) is 0.154. The van der Waals surface area contributed by atoms with Crippen LogP contribution in [0.25, 0.3) is 6.08 Å². The minimum Gasteiger partial charge on any atom is -0.548 e. The van der Waals surface area contributed by atoms with Crippen LogP contribution in [0.5, 0.6) is 0 Å². The average Bonchev–Trinajstić information content (AvgIpc) is 2.63. The minimum atomic E-state index is -1.33. The lowest BCUT2D eigenvalue weighted by molar-refractivity contribution is -0.309. The van der Waals surface area contributed by atoms with Crippen LogP contribution in [0.1, 0.15) is 12.5 Å². The van der Waals surface area contributed by atoms with E-state index in [0.29, 0.717) is 4.91 Å². The van der Waals surface area contributed by atoms with E-state index < -0.39 is 17.9 Å². The van der Waals surface area contributed by atoms with Crippen LogP contribution in [0.3, 0.4) is 0 Å². The molecule has 1 amide bonds. The van der Waals surface area contributed by atoms with Crippen molar-refractivity contribution in [3.05, 3.63) is 39.2 Å². The molecule has 1 heterocycles. The highest BCUT2D eigenvalue weighted by atomic mass is 79.9. The van der Waals surface area contributed by atoms with Gasteiger partial charge in [0.05, 0.1) is 16.9 Å². The van der Waals surface area contributed by atoms with E-state index in [4.69, 9.17) is 12.2 Å². The smallest absolute Gasteiger partial charge is 0.266 e. The van der Waals surface area contributed by atoms with Crippen molar-refractivity contribution in [2.75, 3.05) is 0 Å². The van der Waals surface area contributed by atoms with E-state index in [9.17, 15) is 14.7 Å². The summed E-state index contributed by atoms with van der Waals surface area (Å²) in [6, 6.07) is 6.35. The molecule has 2 rings (SSSR count). The minimum absolute atomic E-state index is 0.230. The van der Waals surface area contributed by atoms with E-state index in [1.54, 1.807) is 6.08 Å². The first kappa shape index (κ1) is 15.2. The second kappa shape index (κ2) is 6.07. The molecule has 1 fully saturated rings. The first-order valence-electron chi connectivity index (χ1n) is 5.63. The maximum Gasteiger partial charge on any atom is 0.266 e. The highest BCUT2D eigenvalue weighted by Crippen LogP contribution is 2.34. The summed E-state index contributed by atoms with van der Waals surface area (Å²) in [6.07, 6.45) is 1.69. The number of thioether (sulfide) groups is 1. The summed E-state index contributed by atoms with van der Waals surface area (Å²) >= 11 is 9.50. The largest absolute Gasteiger partial charge is 0.548 e. The molecule has 0 aromatic heterocycles. The Bertz CT molecular complexity index is 630. The van der Waals surface area contributed by atoms with E-state index in [0.717, 1.165) is 26.7 Å². The standard InChI is InChI=1S/C13H10BrNO3S2/c1-7(12(17)18)15-11(16)10(20-13(15)19)6-8-3-2-4-9(14)5-8/h2-7H,1H3,(H,17,18)/p-1/t7-/m0/s1. The zero-order valence-corrected chi connectivity index (χ0v) is 13.5. The van der Waals surface area contributed by atoms with Gasteiger partial charge in [-0.05, 0) is 30.7 Å². The Morgan fingerprint density at radius 1 is 1.55 bits per heavy atom. The summed E-state index contributed by atoms with van der Waals surface area (Å²) in [5.74, 6) is -1.73. The van der Waals surface area contributed by atoms with Gasteiger partial charge in [0.2, 0.25) is 0 Å². The lowest BCUT2D eigenvalue weighted by Crippen LogP contribution is -2.48. The third-order valence-electron chi connectivity index (χ3n) is 2.70. The highest BCUT2D eigenvalue weighted by Gasteiger charge is 2.35. The van der Waals surface area contributed by atoms with E-state index in [1.165, 1.54) is 6.92 Å². The summed E-state index contributed by atoms with van der Waals surface area (Å²) in [5, 5.41) is 10.9. The van der Waals surface area contributed by atoms with Crippen molar-refractivity contribution >= 4 is 62.2 Å². The first-order chi connectivity index (χ1) is 9.40. The normalized spacial score (nSPS) is 18.7. The molecular weight excluding hydrogens is 362 g/mol. The van der Waals surface area contributed by atoms with Gasteiger partial charge >= 0.3 is 0 Å². The summed E-state index contributed by atoms with van der Waals surface area (Å²) in [4.78, 5) is 24.6.